The molecule has 9 heteroatoms. The Morgan fingerprint density at radius 1 is 0.579 bits per heavy atom. The molecule has 200 valence electrons. The number of hydrogen-bond donors (Lipinski definition) is 0. The van der Waals surface area contributed by atoms with E-state index in [1.54, 1.807) is 38.5 Å². The molecule has 1 aliphatic rings. The first kappa shape index (κ1) is 26.7. The summed E-state index contributed by atoms with van der Waals surface area (Å²) in [6, 6.07) is 10.6. The number of rotatable bonds is 6. The summed E-state index contributed by atoms with van der Waals surface area (Å²) < 4.78 is 33.3. The van der Waals surface area contributed by atoms with E-state index in [1.807, 2.05) is 12.1 Å². The van der Waals surface area contributed by atoms with Crippen molar-refractivity contribution in [1.82, 2.24) is 0 Å². The van der Waals surface area contributed by atoms with Gasteiger partial charge >= 0.3 is 0 Å². The van der Waals surface area contributed by atoms with Gasteiger partial charge in [-0.25, -0.2) is 4.90 Å². The maximum atomic E-state index is 14.1. The highest BCUT2D eigenvalue weighted by Crippen LogP contribution is 2.42. The number of imide groups is 1. The zero-order chi connectivity index (χ0) is 27.6. The molecule has 0 spiro atoms. The van der Waals surface area contributed by atoms with Gasteiger partial charge in [0.1, 0.15) is 0 Å². The van der Waals surface area contributed by atoms with E-state index in [2.05, 4.69) is 0 Å². The van der Waals surface area contributed by atoms with Gasteiger partial charge in [0.2, 0.25) is 5.91 Å². The SMILES string of the molecule is COc1cc2c(cc1OC)Cc1cc(OC)c(OC)cc1N(C(C)=O)C(=O)c1cc(OC)c(OC)cc1C2. The molecule has 0 atom stereocenters. The summed E-state index contributed by atoms with van der Waals surface area (Å²) in [5, 5.41) is 0. The van der Waals surface area contributed by atoms with Gasteiger partial charge in [0.05, 0.1) is 48.3 Å². The van der Waals surface area contributed by atoms with Crippen molar-refractivity contribution in [3.63, 3.8) is 0 Å². The molecule has 0 bridgehead atoms. The summed E-state index contributed by atoms with van der Waals surface area (Å²) in [4.78, 5) is 28.3. The maximum absolute atomic E-state index is 14.1. The molecule has 1 heterocycles. The van der Waals surface area contributed by atoms with Crippen molar-refractivity contribution >= 4 is 17.5 Å². The lowest BCUT2D eigenvalue weighted by Gasteiger charge is -2.27. The van der Waals surface area contributed by atoms with Crippen LogP contribution in [0.2, 0.25) is 0 Å². The van der Waals surface area contributed by atoms with Crippen LogP contribution in [0.5, 0.6) is 34.5 Å². The zero-order valence-corrected chi connectivity index (χ0v) is 22.6. The van der Waals surface area contributed by atoms with E-state index in [0.29, 0.717) is 69.7 Å². The van der Waals surface area contributed by atoms with E-state index >= 15 is 0 Å². The molecule has 3 aromatic carbocycles. The van der Waals surface area contributed by atoms with E-state index in [9.17, 15) is 9.59 Å². The van der Waals surface area contributed by atoms with E-state index in [4.69, 9.17) is 28.4 Å². The van der Waals surface area contributed by atoms with Crippen LogP contribution in [0.4, 0.5) is 5.69 Å². The maximum Gasteiger partial charge on any atom is 0.265 e. The molecule has 0 radical (unpaired) electrons. The van der Waals surface area contributed by atoms with Crippen LogP contribution in [0.3, 0.4) is 0 Å². The molecule has 0 saturated heterocycles. The van der Waals surface area contributed by atoms with Crippen LogP contribution in [0.15, 0.2) is 36.4 Å². The van der Waals surface area contributed by atoms with E-state index in [-0.39, 0.29) is 0 Å². The van der Waals surface area contributed by atoms with Gasteiger partial charge in [-0.3, -0.25) is 9.59 Å². The van der Waals surface area contributed by atoms with Crippen LogP contribution in [0.25, 0.3) is 0 Å². The highest BCUT2D eigenvalue weighted by molar-refractivity contribution is 6.21. The molecule has 0 unspecified atom stereocenters. The number of anilines is 1. The fraction of sp³-hybridized carbons (Fsp3) is 0.310. The zero-order valence-electron chi connectivity index (χ0n) is 22.6. The monoisotopic (exact) mass is 521 g/mol. The Morgan fingerprint density at radius 3 is 1.39 bits per heavy atom. The number of ether oxygens (including phenoxy) is 6. The van der Waals surface area contributed by atoms with Crippen molar-refractivity contribution in [2.24, 2.45) is 0 Å². The normalized spacial score (nSPS) is 12.5. The minimum absolute atomic E-state index is 0.307. The summed E-state index contributed by atoms with van der Waals surface area (Å²) in [5.41, 5.74) is 3.90. The van der Waals surface area contributed by atoms with Crippen LogP contribution < -0.4 is 33.3 Å². The van der Waals surface area contributed by atoms with Gasteiger partial charge in [-0.15, -0.1) is 0 Å². The van der Waals surface area contributed by atoms with Gasteiger partial charge in [-0.2, -0.15) is 0 Å². The largest absolute Gasteiger partial charge is 0.493 e. The third-order valence-corrected chi connectivity index (χ3v) is 6.65. The molecular weight excluding hydrogens is 490 g/mol. The van der Waals surface area contributed by atoms with Gasteiger partial charge in [0, 0.05) is 25.0 Å². The molecule has 0 saturated carbocycles. The van der Waals surface area contributed by atoms with Crippen LogP contribution >= 0.6 is 0 Å². The second kappa shape index (κ2) is 10.9. The average molecular weight is 522 g/mol. The molecule has 0 aliphatic carbocycles. The topological polar surface area (TPSA) is 92.8 Å². The van der Waals surface area contributed by atoms with Crippen molar-refractivity contribution in [2.75, 3.05) is 47.6 Å². The number of methoxy groups -OCH3 is 6. The fourth-order valence-corrected chi connectivity index (χ4v) is 4.77. The second-order valence-electron chi connectivity index (χ2n) is 8.69. The van der Waals surface area contributed by atoms with Crippen LogP contribution in [-0.4, -0.2) is 54.5 Å². The van der Waals surface area contributed by atoms with Gasteiger partial charge in [-0.05, 0) is 59.0 Å². The minimum atomic E-state index is -0.495. The van der Waals surface area contributed by atoms with Crippen LogP contribution in [-0.2, 0) is 17.6 Å². The van der Waals surface area contributed by atoms with Crippen molar-refractivity contribution in [2.45, 2.75) is 19.8 Å². The third kappa shape index (κ3) is 4.67. The number of hydrogen-bond acceptors (Lipinski definition) is 8. The van der Waals surface area contributed by atoms with E-state index in [0.717, 1.165) is 16.0 Å². The van der Waals surface area contributed by atoms with Crippen molar-refractivity contribution in [3.8, 4) is 34.5 Å². The second-order valence-corrected chi connectivity index (χ2v) is 8.69. The van der Waals surface area contributed by atoms with E-state index < -0.39 is 11.8 Å². The molecular formula is C29H31NO8. The lowest BCUT2D eigenvalue weighted by Crippen LogP contribution is -2.37. The van der Waals surface area contributed by atoms with Crippen molar-refractivity contribution < 1.29 is 38.0 Å². The smallest absolute Gasteiger partial charge is 0.265 e. The van der Waals surface area contributed by atoms with Gasteiger partial charge in [-0.1, -0.05) is 0 Å². The summed E-state index contributed by atoms with van der Waals surface area (Å²) in [6.07, 6.45) is 0.747. The van der Waals surface area contributed by atoms with Crippen LogP contribution in [0.1, 0.15) is 39.5 Å². The lowest BCUT2D eigenvalue weighted by molar-refractivity contribution is -0.115. The number of carbonyl (C=O) groups excluding carboxylic acids is 2. The first-order valence-corrected chi connectivity index (χ1v) is 11.9. The van der Waals surface area contributed by atoms with Crippen LogP contribution in [0, 0.1) is 0 Å². The molecule has 0 fully saturated rings. The molecule has 4 rings (SSSR count). The lowest BCUT2D eigenvalue weighted by atomic mass is 9.90. The summed E-state index contributed by atoms with van der Waals surface area (Å²) in [7, 11) is 9.23. The fourth-order valence-electron chi connectivity index (χ4n) is 4.77. The van der Waals surface area contributed by atoms with Gasteiger partial charge < -0.3 is 28.4 Å². The Labute approximate surface area is 221 Å². The third-order valence-electron chi connectivity index (χ3n) is 6.65. The van der Waals surface area contributed by atoms with Gasteiger partial charge in [0.15, 0.2) is 34.5 Å². The van der Waals surface area contributed by atoms with Gasteiger partial charge in [0.25, 0.3) is 5.91 Å². The molecule has 3 aromatic rings. The van der Waals surface area contributed by atoms with Crippen molar-refractivity contribution in [1.29, 1.82) is 0 Å². The number of nitrogens with zero attached hydrogens (tertiary/aromatic N) is 1. The molecule has 2 amide bonds. The highest BCUT2D eigenvalue weighted by Gasteiger charge is 2.31. The molecule has 0 aromatic heterocycles. The first-order valence-electron chi connectivity index (χ1n) is 11.9. The Balaban J connectivity index is 2.11. The van der Waals surface area contributed by atoms with Crippen molar-refractivity contribution in [3.05, 3.63) is 64.2 Å². The molecule has 38 heavy (non-hydrogen) atoms. The predicted octanol–water partition coefficient (Wildman–Crippen LogP) is 4.43. The predicted molar refractivity (Wildman–Crippen MR) is 142 cm³/mol. The number of amides is 2. The minimum Gasteiger partial charge on any atom is -0.493 e. The quantitative estimate of drug-likeness (QED) is 0.471. The number of fused-ring (bicyclic) bond motifs is 3. The molecule has 9 nitrogen and oxygen atoms in total. The Morgan fingerprint density at radius 2 is 0.947 bits per heavy atom. The number of benzene rings is 3. The summed E-state index contributed by atoms with van der Waals surface area (Å²) in [5.74, 6) is 1.91. The standard InChI is InChI=1S/C29H31NO8/c1-16(31)30-22-15-28(38-7)26(36-5)13-20(22)9-18-11-24(34-3)23(33-2)10-17(18)8-19-12-25(35-4)27(37-6)14-21(19)29(30)32/h10-15H,8-9H2,1-7H3. The summed E-state index contributed by atoms with van der Waals surface area (Å²) >= 11 is 0. The average Bonchev–Trinajstić information content (AvgIpc) is 2.92. The highest BCUT2D eigenvalue weighted by atomic mass is 16.5. The Kier molecular flexibility index (Phi) is 7.66. The van der Waals surface area contributed by atoms with E-state index in [1.165, 1.54) is 35.4 Å². The number of carbonyl (C=O) groups is 2. The molecule has 1 aliphatic heterocycles. The molecule has 0 N–H and O–H groups in total. The Bertz CT molecular complexity index is 1400. The first-order chi connectivity index (χ1) is 18.3. The summed E-state index contributed by atoms with van der Waals surface area (Å²) in [6.45, 7) is 1.35. The Hall–Kier alpha value is -4.40.